The Morgan fingerprint density at radius 3 is 3.00 bits per heavy atom. The molecule has 118 valence electrons. The maximum Gasteiger partial charge on any atom is 0.231 e. The minimum absolute atomic E-state index is 0.272. The summed E-state index contributed by atoms with van der Waals surface area (Å²) in [6.07, 6.45) is 0.987. The number of nitrogens with zero attached hydrogens (tertiary/aromatic N) is 3. The van der Waals surface area contributed by atoms with Crippen molar-refractivity contribution in [3.05, 3.63) is 41.3 Å². The fraction of sp³-hybridized carbons (Fsp3) is 0.500. The molecule has 1 aliphatic rings. The van der Waals surface area contributed by atoms with Crippen LogP contribution in [0.1, 0.15) is 36.5 Å². The molecule has 0 N–H and O–H groups in total. The van der Waals surface area contributed by atoms with Crippen LogP contribution in [-0.4, -0.2) is 34.7 Å². The zero-order chi connectivity index (χ0) is 15.5. The number of halogens is 1. The maximum absolute atomic E-state index is 13.9. The number of aryl methyl sites for hydroxylation is 1. The summed E-state index contributed by atoms with van der Waals surface area (Å²) in [5.41, 5.74) is 0.948. The molecule has 0 radical (unpaired) electrons. The highest BCUT2D eigenvalue weighted by atomic mass is 19.1. The van der Waals surface area contributed by atoms with Crippen molar-refractivity contribution in [2.24, 2.45) is 0 Å². The van der Waals surface area contributed by atoms with Crippen LogP contribution in [0.5, 0.6) is 5.75 Å². The second-order valence-corrected chi connectivity index (χ2v) is 5.60. The van der Waals surface area contributed by atoms with Crippen LogP contribution < -0.4 is 4.74 Å². The van der Waals surface area contributed by atoms with Gasteiger partial charge in [-0.25, -0.2) is 4.39 Å². The Labute approximate surface area is 129 Å². The zero-order valence-electron chi connectivity index (χ0n) is 12.9. The first kappa shape index (κ1) is 15.0. The minimum Gasteiger partial charge on any atom is -0.491 e. The third-order valence-corrected chi connectivity index (χ3v) is 3.87. The summed E-state index contributed by atoms with van der Waals surface area (Å²) in [6, 6.07) is 5.16. The normalized spacial score (nSPS) is 18.8. The Morgan fingerprint density at radius 2 is 2.32 bits per heavy atom. The van der Waals surface area contributed by atoms with Gasteiger partial charge in [0, 0.05) is 13.1 Å². The van der Waals surface area contributed by atoms with Crippen molar-refractivity contribution in [1.29, 1.82) is 0 Å². The Bertz CT molecular complexity index is 644. The van der Waals surface area contributed by atoms with Gasteiger partial charge in [0.25, 0.3) is 0 Å². The number of rotatable bonds is 5. The average Bonchev–Trinajstić information content (AvgIpc) is 3.11. The van der Waals surface area contributed by atoms with E-state index in [1.165, 1.54) is 0 Å². The van der Waals surface area contributed by atoms with E-state index in [-0.39, 0.29) is 11.7 Å². The van der Waals surface area contributed by atoms with Gasteiger partial charge in [0.05, 0.1) is 12.5 Å². The van der Waals surface area contributed by atoms with Crippen molar-refractivity contribution in [2.45, 2.75) is 32.7 Å². The molecular weight excluding hydrogens is 285 g/mol. The van der Waals surface area contributed by atoms with Crippen molar-refractivity contribution in [3.8, 4) is 5.75 Å². The van der Waals surface area contributed by atoms with E-state index in [1.54, 1.807) is 12.1 Å². The van der Waals surface area contributed by atoms with Crippen molar-refractivity contribution in [3.63, 3.8) is 0 Å². The van der Waals surface area contributed by atoms with Gasteiger partial charge in [0.2, 0.25) is 5.89 Å². The Kier molecular flexibility index (Phi) is 4.38. The molecule has 1 aromatic carbocycles. The fourth-order valence-electron chi connectivity index (χ4n) is 2.83. The number of hydrogen-bond donors (Lipinski definition) is 0. The second-order valence-electron chi connectivity index (χ2n) is 5.60. The molecule has 0 bridgehead atoms. The van der Waals surface area contributed by atoms with Gasteiger partial charge in [0.1, 0.15) is 0 Å². The molecule has 5 nitrogen and oxygen atoms in total. The van der Waals surface area contributed by atoms with E-state index in [4.69, 9.17) is 9.26 Å². The summed E-state index contributed by atoms with van der Waals surface area (Å²) < 4.78 is 24.3. The van der Waals surface area contributed by atoms with Crippen LogP contribution in [0.15, 0.2) is 22.7 Å². The quantitative estimate of drug-likeness (QED) is 0.850. The standard InChI is InChI=1S/C16H20FN3O2/c1-3-21-15-5-4-12(8-14(15)17)9-20-7-6-13(10-20)16-18-11(2)19-22-16/h4-5,8,13H,3,6-7,9-10H2,1-2H3. The van der Waals surface area contributed by atoms with E-state index in [0.29, 0.717) is 30.6 Å². The number of ether oxygens (including phenoxy) is 1. The average molecular weight is 305 g/mol. The largest absolute Gasteiger partial charge is 0.491 e. The van der Waals surface area contributed by atoms with Crippen LogP contribution in [0.3, 0.4) is 0 Å². The van der Waals surface area contributed by atoms with E-state index in [9.17, 15) is 4.39 Å². The highest BCUT2D eigenvalue weighted by Crippen LogP contribution is 2.27. The molecule has 1 atom stereocenters. The van der Waals surface area contributed by atoms with Crippen LogP contribution in [0.2, 0.25) is 0 Å². The van der Waals surface area contributed by atoms with E-state index < -0.39 is 0 Å². The SMILES string of the molecule is CCOc1ccc(CN2CCC(c3nc(C)no3)C2)cc1F. The summed E-state index contributed by atoms with van der Waals surface area (Å²) in [5, 5.41) is 3.84. The van der Waals surface area contributed by atoms with Crippen molar-refractivity contribution >= 4 is 0 Å². The summed E-state index contributed by atoms with van der Waals surface area (Å²) in [6.45, 7) is 6.65. The van der Waals surface area contributed by atoms with Crippen LogP contribution in [0.4, 0.5) is 4.39 Å². The minimum atomic E-state index is -0.303. The molecule has 6 heteroatoms. The van der Waals surface area contributed by atoms with E-state index in [1.807, 2.05) is 19.9 Å². The molecule has 1 fully saturated rings. The molecular formula is C16H20FN3O2. The topological polar surface area (TPSA) is 51.4 Å². The third kappa shape index (κ3) is 3.27. The van der Waals surface area contributed by atoms with Crippen molar-refractivity contribution < 1.29 is 13.7 Å². The van der Waals surface area contributed by atoms with Gasteiger partial charge in [0.15, 0.2) is 17.4 Å². The van der Waals surface area contributed by atoms with Crippen molar-refractivity contribution in [2.75, 3.05) is 19.7 Å². The smallest absolute Gasteiger partial charge is 0.231 e. The predicted molar refractivity (Wildman–Crippen MR) is 79.2 cm³/mol. The third-order valence-electron chi connectivity index (χ3n) is 3.87. The first-order valence-electron chi connectivity index (χ1n) is 7.59. The second kappa shape index (κ2) is 6.44. The van der Waals surface area contributed by atoms with E-state index in [0.717, 1.165) is 25.1 Å². The summed E-state index contributed by atoms with van der Waals surface area (Å²) in [7, 11) is 0. The molecule has 1 unspecified atom stereocenters. The predicted octanol–water partition coefficient (Wildman–Crippen LogP) is 2.91. The first-order valence-corrected chi connectivity index (χ1v) is 7.59. The van der Waals surface area contributed by atoms with Crippen LogP contribution in [0, 0.1) is 12.7 Å². The highest BCUT2D eigenvalue weighted by molar-refractivity contribution is 5.29. The lowest BCUT2D eigenvalue weighted by molar-refractivity contribution is 0.305. The van der Waals surface area contributed by atoms with Crippen LogP contribution in [-0.2, 0) is 6.54 Å². The molecule has 0 amide bonds. The van der Waals surface area contributed by atoms with Gasteiger partial charge in [-0.15, -0.1) is 0 Å². The van der Waals surface area contributed by atoms with Crippen molar-refractivity contribution in [1.82, 2.24) is 15.0 Å². The van der Waals surface area contributed by atoms with Crippen LogP contribution >= 0.6 is 0 Å². The summed E-state index contributed by atoms with van der Waals surface area (Å²) in [4.78, 5) is 6.58. The Morgan fingerprint density at radius 1 is 1.45 bits per heavy atom. The van der Waals surface area contributed by atoms with Gasteiger partial charge in [-0.05, 0) is 44.5 Å². The van der Waals surface area contributed by atoms with E-state index >= 15 is 0 Å². The number of hydrogen-bond acceptors (Lipinski definition) is 5. The molecule has 0 saturated carbocycles. The lowest BCUT2D eigenvalue weighted by Gasteiger charge is -2.16. The summed E-state index contributed by atoms with van der Waals surface area (Å²) >= 11 is 0. The highest BCUT2D eigenvalue weighted by Gasteiger charge is 2.28. The lowest BCUT2D eigenvalue weighted by atomic mass is 10.1. The maximum atomic E-state index is 13.9. The number of benzene rings is 1. The Balaban J connectivity index is 1.61. The van der Waals surface area contributed by atoms with Crippen LogP contribution in [0.25, 0.3) is 0 Å². The number of aromatic nitrogens is 2. The van der Waals surface area contributed by atoms with E-state index in [2.05, 4.69) is 15.0 Å². The molecule has 22 heavy (non-hydrogen) atoms. The number of likely N-dealkylation sites (tertiary alicyclic amines) is 1. The monoisotopic (exact) mass is 305 g/mol. The first-order chi connectivity index (χ1) is 10.7. The zero-order valence-corrected chi connectivity index (χ0v) is 12.9. The van der Waals surface area contributed by atoms with Gasteiger partial charge in [-0.2, -0.15) is 4.98 Å². The molecule has 1 aliphatic heterocycles. The van der Waals surface area contributed by atoms with Gasteiger partial charge >= 0.3 is 0 Å². The lowest BCUT2D eigenvalue weighted by Crippen LogP contribution is -2.20. The molecule has 0 aliphatic carbocycles. The molecule has 2 heterocycles. The van der Waals surface area contributed by atoms with Gasteiger partial charge < -0.3 is 9.26 Å². The Hall–Kier alpha value is -1.95. The summed E-state index contributed by atoms with van der Waals surface area (Å²) in [5.74, 6) is 1.66. The molecule has 1 saturated heterocycles. The molecule has 1 aromatic heterocycles. The molecule has 3 rings (SSSR count). The van der Waals surface area contributed by atoms with Gasteiger partial charge in [-0.3, -0.25) is 4.90 Å². The van der Waals surface area contributed by atoms with Gasteiger partial charge in [-0.1, -0.05) is 11.2 Å². The molecule has 2 aromatic rings. The molecule has 0 spiro atoms. The fourth-order valence-corrected chi connectivity index (χ4v) is 2.83.